The number of hydrogen-bond acceptors (Lipinski definition) is 3. The molecule has 1 unspecified atom stereocenters. The van der Waals surface area contributed by atoms with Crippen molar-refractivity contribution in [1.29, 1.82) is 0 Å². The minimum atomic E-state index is -0.988. The third-order valence-corrected chi connectivity index (χ3v) is 4.34. The number of ether oxygens (including phenoxy) is 1. The Bertz CT molecular complexity index is 745. The molecule has 4 N–H and O–H groups in total. The molecule has 1 fully saturated rings. The maximum absolute atomic E-state index is 11.9. The molecular formula is C18H18N2O3. The highest BCUT2D eigenvalue weighted by Gasteiger charge is 2.63. The average Bonchev–Trinajstić information content (AvgIpc) is 3.32. The molecule has 1 aliphatic carbocycles. The van der Waals surface area contributed by atoms with Gasteiger partial charge in [0.15, 0.2) is 0 Å². The molecule has 1 aliphatic rings. The van der Waals surface area contributed by atoms with E-state index in [0.29, 0.717) is 24.3 Å². The summed E-state index contributed by atoms with van der Waals surface area (Å²) in [6, 6.07) is 16.9. The van der Waals surface area contributed by atoms with Gasteiger partial charge in [0, 0.05) is 0 Å². The molecule has 0 aliphatic heterocycles. The standard InChI is InChI=1S/C18H18N2O3/c19-16(21)15-10-18(15,17(20)22)13-7-4-8-14(9-13)23-11-12-5-2-1-3-6-12/h1-9,15H,10-11H2,(H2,19,21)(H2,20,22)/t15?,18-/m0/s1. The molecule has 0 aromatic heterocycles. The van der Waals surface area contributed by atoms with Crippen LogP contribution in [0.1, 0.15) is 17.5 Å². The van der Waals surface area contributed by atoms with E-state index in [1.807, 2.05) is 36.4 Å². The molecule has 23 heavy (non-hydrogen) atoms. The molecule has 0 heterocycles. The zero-order valence-electron chi connectivity index (χ0n) is 12.6. The van der Waals surface area contributed by atoms with Gasteiger partial charge in [-0.3, -0.25) is 9.59 Å². The second-order valence-corrected chi connectivity index (χ2v) is 5.80. The van der Waals surface area contributed by atoms with Gasteiger partial charge in [-0.2, -0.15) is 0 Å². The summed E-state index contributed by atoms with van der Waals surface area (Å²) >= 11 is 0. The largest absolute Gasteiger partial charge is 0.489 e. The average molecular weight is 310 g/mol. The van der Waals surface area contributed by atoms with E-state index in [1.54, 1.807) is 18.2 Å². The Labute approximate surface area is 134 Å². The van der Waals surface area contributed by atoms with Crippen LogP contribution >= 0.6 is 0 Å². The molecule has 2 aromatic rings. The Kier molecular flexibility index (Phi) is 3.78. The Morgan fingerprint density at radius 1 is 1.09 bits per heavy atom. The van der Waals surface area contributed by atoms with Crippen LogP contribution in [0.25, 0.3) is 0 Å². The van der Waals surface area contributed by atoms with Crippen LogP contribution in [0.15, 0.2) is 54.6 Å². The molecule has 5 heteroatoms. The molecule has 0 radical (unpaired) electrons. The van der Waals surface area contributed by atoms with Crippen molar-refractivity contribution < 1.29 is 14.3 Å². The van der Waals surface area contributed by atoms with Gasteiger partial charge in [-0.1, -0.05) is 42.5 Å². The van der Waals surface area contributed by atoms with Gasteiger partial charge in [0.2, 0.25) is 11.8 Å². The van der Waals surface area contributed by atoms with E-state index >= 15 is 0 Å². The van der Waals surface area contributed by atoms with Gasteiger partial charge in [-0.25, -0.2) is 0 Å². The molecule has 2 aromatic carbocycles. The summed E-state index contributed by atoms with van der Waals surface area (Å²) in [7, 11) is 0. The van der Waals surface area contributed by atoms with E-state index in [1.165, 1.54) is 0 Å². The lowest BCUT2D eigenvalue weighted by Gasteiger charge is -2.15. The monoisotopic (exact) mass is 310 g/mol. The van der Waals surface area contributed by atoms with Gasteiger partial charge in [-0.15, -0.1) is 0 Å². The predicted molar refractivity (Wildman–Crippen MR) is 85.4 cm³/mol. The Balaban J connectivity index is 1.80. The highest BCUT2D eigenvalue weighted by molar-refractivity contribution is 5.99. The lowest BCUT2D eigenvalue weighted by atomic mass is 9.92. The SMILES string of the molecule is NC(=O)C1C[C@]1(C(N)=O)c1cccc(OCc2ccccc2)c1. The van der Waals surface area contributed by atoms with Crippen molar-refractivity contribution in [2.24, 2.45) is 17.4 Å². The van der Waals surface area contributed by atoms with Gasteiger partial charge in [-0.05, 0) is 29.7 Å². The van der Waals surface area contributed by atoms with Crippen LogP contribution < -0.4 is 16.2 Å². The first-order chi connectivity index (χ1) is 11.0. The predicted octanol–water partition coefficient (Wildman–Crippen LogP) is 1.49. The summed E-state index contributed by atoms with van der Waals surface area (Å²) in [4.78, 5) is 23.3. The number of benzene rings is 2. The van der Waals surface area contributed by atoms with Gasteiger partial charge in [0.05, 0.1) is 11.3 Å². The Hall–Kier alpha value is -2.82. The summed E-state index contributed by atoms with van der Waals surface area (Å²) in [5.41, 5.74) is 11.6. The molecule has 118 valence electrons. The molecule has 2 atom stereocenters. The molecule has 0 saturated heterocycles. The maximum atomic E-state index is 11.9. The van der Waals surface area contributed by atoms with E-state index in [4.69, 9.17) is 16.2 Å². The van der Waals surface area contributed by atoms with Crippen LogP contribution in [0.2, 0.25) is 0 Å². The summed E-state index contributed by atoms with van der Waals surface area (Å²) in [5, 5.41) is 0. The number of nitrogens with two attached hydrogens (primary N) is 2. The van der Waals surface area contributed by atoms with Crippen molar-refractivity contribution in [3.05, 3.63) is 65.7 Å². The number of rotatable bonds is 6. The highest BCUT2D eigenvalue weighted by atomic mass is 16.5. The van der Waals surface area contributed by atoms with E-state index in [9.17, 15) is 9.59 Å². The zero-order chi connectivity index (χ0) is 16.4. The van der Waals surface area contributed by atoms with Crippen LogP contribution in [-0.4, -0.2) is 11.8 Å². The highest BCUT2D eigenvalue weighted by Crippen LogP contribution is 2.54. The topological polar surface area (TPSA) is 95.4 Å². The first kappa shape index (κ1) is 15.1. The molecule has 5 nitrogen and oxygen atoms in total. The molecule has 2 amide bonds. The van der Waals surface area contributed by atoms with Crippen LogP contribution in [0, 0.1) is 5.92 Å². The van der Waals surface area contributed by atoms with Crippen LogP contribution in [0.4, 0.5) is 0 Å². The maximum Gasteiger partial charge on any atom is 0.228 e. The lowest BCUT2D eigenvalue weighted by molar-refractivity contribution is -0.125. The van der Waals surface area contributed by atoms with Crippen molar-refractivity contribution in [2.45, 2.75) is 18.4 Å². The normalized spacial score (nSPS) is 22.3. The minimum absolute atomic E-state index is 0.361. The van der Waals surface area contributed by atoms with E-state index in [-0.39, 0.29) is 0 Å². The number of primary amides is 2. The van der Waals surface area contributed by atoms with E-state index in [0.717, 1.165) is 5.56 Å². The van der Waals surface area contributed by atoms with Gasteiger partial charge >= 0.3 is 0 Å². The quantitative estimate of drug-likeness (QED) is 0.846. The van der Waals surface area contributed by atoms with Gasteiger partial charge in [0.25, 0.3) is 0 Å². The first-order valence-electron chi connectivity index (χ1n) is 7.40. The summed E-state index contributed by atoms with van der Waals surface area (Å²) < 4.78 is 5.76. The van der Waals surface area contributed by atoms with Gasteiger partial charge in [0.1, 0.15) is 12.4 Å². The third-order valence-electron chi connectivity index (χ3n) is 4.34. The number of carbonyl (C=O) groups is 2. The summed E-state index contributed by atoms with van der Waals surface area (Å²) in [5.74, 6) is -0.938. The fourth-order valence-corrected chi connectivity index (χ4v) is 2.94. The second kappa shape index (κ2) is 5.76. The Morgan fingerprint density at radius 3 is 2.43 bits per heavy atom. The van der Waals surface area contributed by atoms with Crippen molar-refractivity contribution in [3.8, 4) is 5.75 Å². The number of carbonyl (C=O) groups excluding carboxylic acids is 2. The van der Waals surface area contributed by atoms with Crippen LogP contribution in [-0.2, 0) is 21.6 Å². The molecule has 0 spiro atoms. The number of hydrogen-bond donors (Lipinski definition) is 2. The third kappa shape index (κ3) is 2.77. The fourth-order valence-electron chi connectivity index (χ4n) is 2.94. The van der Waals surface area contributed by atoms with E-state index in [2.05, 4.69) is 0 Å². The fraction of sp³-hybridized carbons (Fsp3) is 0.222. The van der Waals surface area contributed by atoms with Gasteiger partial charge < -0.3 is 16.2 Å². The van der Waals surface area contributed by atoms with Crippen molar-refractivity contribution in [3.63, 3.8) is 0 Å². The molecule has 1 saturated carbocycles. The molecular weight excluding hydrogens is 292 g/mol. The second-order valence-electron chi connectivity index (χ2n) is 5.80. The minimum Gasteiger partial charge on any atom is -0.489 e. The summed E-state index contributed by atoms with van der Waals surface area (Å²) in [6.45, 7) is 0.424. The molecule has 0 bridgehead atoms. The smallest absolute Gasteiger partial charge is 0.228 e. The van der Waals surface area contributed by atoms with Crippen LogP contribution in [0.3, 0.4) is 0 Å². The van der Waals surface area contributed by atoms with E-state index < -0.39 is 23.1 Å². The lowest BCUT2D eigenvalue weighted by Crippen LogP contribution is -2.33. The van der Waals surface area contributed by atoms with Crippen molar-refractivity contribution in [2.75, 3.05) is 0 Å². The number of amides is 2. The Morgan fingerprint density at radius 2 is 1.83 bits per heavy atom. The summed E-state index contributed by atoms with van der Waals surface area (Å²) in [6.07, 6.45) is 0.361. The van der Waals surface area contributed by atoms with Crippen molar-refractivity contribution in [1.82, 2.24) is 0 Å². The zero-order valence-corrected chi connectivity index (χ0v) is 12.6. The van der Waals surface area contributed by atoms with Crippen LogP contribution in [0.5, 0.6) is 5.75 Å². The molecule has 3 rings (SSSR count). The first-order valence-corrected chi connectivity index (χ1v) is 7.40. The van der Waals surface area contributed by atoms with Crippen molar-refractivity contribution >= 4 is 11.8 Å².